The van der Waals surface area contributed by atoms with E-state index in [0.29, 0.717) is 12.0 Å². The molecule has 0 saturated heterocycles. The zero-order valence-electron chi connectivity index (χ0n) is 12.7. The Morgan fingerprint density at radius 1 is 1.05 bits per heavy atom. The summed E-state index contributed by atoms with van der Waals surface area (Å²) in [5.41, 5.74) is 2.73. The second kappa shape index (κ2) is 8.44. The maximum absolute atomic E-state index is 5.43. The molecule has 0 saturated carbocycles. The van der Waals surface area contributed by atoms with Crippen molar-refractivity contribution in [2.24, 2.45) is 5.92 Å². The molecular weight excluding hydrogens is 250 g/mol. The molecule has 0 radical (unpaired) electrons. The van der Waals surface area contributed by atoms with Gasteiger partial charge in [-0.25, -0.2) is 0 Å². The molecule has 19 heavy (non-hydrogen) atoms. The number of hydrogen-bond acceptors (Lipinski definition) is 2. The Hall–Kier alpha value is -0.730. The Kier molecular flexibility index (Phi) is 7.25. The Morgan fingerprint density at radius 3 is 2.16 bits per heavy atom. The van der Waals surface area contributed by atoms with Gasteiger partial charge in [0.2, 0.25) is 0 Å². The van der Waals surface area contributed by atoms with Crippen molar-refractivity contribution in [3.8, 4) is 0 Å². The van der Waals surface area contributed by atoms with Gasteiger partial charge in [0.1, 0.15) is 0 Å². The average Bonchev–Trinajstić information content (AvgIpc) is 2.29. The van der Waals surface area contributed by atoms with Crippen LogP contribution in [0.4, 0.5) is 0 Å². The third-order valence-corrected chi connectivity index (χ3v) is 3.34. The van der Waals surface area contributed by atoms with E-state index in [1.54, 1.807) is 0 Å². The fraction of sp³-hybridized carbons (Fsp3) is 0.588. The Balaban J connectivity index is 2.41. The van der Waals surface area contributed by atoms with E-state index in [2.05, 4.69) is 57.3 Å². The standard InChI is InChI=1S/C17H27NS/c1-13(2)11-17(19)12-16-7-5-15(6-8-16)9-10-18-14(3)4/h5-8,13-14,18H,9-12H2,1-4H3. The highest BCUT2D eigenvalue weighted by atomic mass is 32.1. The highest BCUT2D eigenvalue weighted by molar-refractivity contribution is 7.80. The van der Waals surface area contributed by atoms with Gasteiger partial charge in [0.15, 0.2) is 0 Å². The fourth-order valence-electron chi connectivity index (χ4n) is 2.08. The summed E-state index contributed by atoms with van der Waals surface area (Å²) in [6.07, 6.45) is 3.09. The van der Waals surface area contributed by atoms with Crippen molar-refractivity contribution in [3.63, 3.8) is 0 Å². The van der Waals surface area contributed by atoms with Crippen molar-refractivity contribution in [1.29, 1.82) is 0 Å². The average molecular weight is 277 g/mol. The first-order chi connectivity index (χ1) is 8.97. The van der Waals surface area contributed by atoms with Crippen molar-refractivity contribution in [2.75, 3.05) is 6.54 Å². The normalized spacial score (nSPS) is 11.3. The van der Waals surface area contributed by atoms with Crippen LogP contribution < -0.4 is 5.32 Å². The minimum absolute atomic E-state index is 0.563. The van der Waals surface area contributed by atoms with E-state index < -0.39 is 0 Å². The van der Waals surface area contributed by atoms with Crippen LogP contribution in [0.15, 0.2) is 24.3 Å². The fourth-order valence-corrected chi connectivity index (χ4v) is 2.58. The molecule has 0 fully saturated rings. The topological polar surface area (TPSA) is 12.0 Å². The molecule has 0 heterocycles. The molecule has 1 rings (SSSR count). The van der Waals surface area contributed by atoms with Gasteiger partial charge in [-0.2, -0.15) is 0 Å². The summed E-state index contributed by atoms with van der Waals surface area (Å²) in [5, 5.41) is 3.44. The second-order valence-electron chi connectivity index (χ2n) is 5.99. The molecule has 1 aromatic carbocycles. The molecule has 0 spiro atoms. The molecule has 2 heteroatoms. The highest BCUT2D eigenvalue weighted by Gasteiger charge is 2.03. The van der Waals surface area contributed by atoms with Crippen LogP contribution in [-0.4, -0.2) is 17.5 Å². The third-order valence-electron chi connectivity index (χ3n) is 3.03. The van der Waals surface area contributed by atoms with Crippen molar-refractivity contribution in [3.05, 3.63) is 35.4 Å². The summed E-state index contributed by atoms with van der Waals surface area (Å²) >= 11 is 5.43. The summed E-state index contributed by atoms with van der Waals surface area (Å²) < 4.78 is 0. The van der Waals surface area contributed by atoms with Gasteiger partial charge in [-0.1, -0.05) is 64.2 Å². The van der Waals surface area contributed by atoms with Crippen molar-refractivity contribution < 1.29 is 0 Å². The maximum Gasteiger partial charge on any atom is 0.00383 e. The molecule has 0 atom stereocenters. The minimum atomic E-state index is 0.563. The molecule has 0 bridgehead atoms. The van der Waals surface area contributed by atoms with Crippen LogP contribution in [0.2, 0.25) is 0 Å². The van der Waals surface area contributed by atoms with E-state index in [4.69, 9.17) is 12.2 Å². The first kappa shape index (κ1) is 16.3. The molecule has 0 unspecified atom stereocenters. The molecule has 1 aromatic rings. The van der Waals surface area contributed by atoms with E-state index in [0.717, 1.165) is 25.8 Å². The number of rotatable bonds is 8. The zero-order chi connectivity index (χ0) is 14.3. The molecule has 0 aromatic heterocycles. The van der Waals surface area contributed by atoms with Crippen LogP contribution in [-0.2, 0) is 12.8 Å². The lowest BCUT2D eigenvalue weighted by atomic mass is 10.0. The number of nitrogens with one attached hydrogen (secondary N) is 1. The van der Waals surface area contributed by atoms with Gasteiger partial charge in [-0.15, -0.1) is 0 Å². The molecular formula is C17H27NS. The van der Waals surface area contributed by atoms with Gasteiger partial charge in [-0.05, 0) is 41.3 Å². The van der Waals surface area contributed by atoms with Crippen LogP contribution in [0.3, 0.4) is 0 Å². The van der Waals surface area contributed by atoms with E-state index in [-0.39, 0.29) is 0 Å². The summed E-state index contributed by atoms with van der Waals surface area (Å²) in [4.78, 5) is 1.17. The lowest BCUT2D eigenvalue weighted by Crippen LogP contribution is -2.24. The predicted molar refractivity (Wildman–Crippen MR) is 89.0 cm³/mol. The van der Waals surface area contributed by atoms with Crippen molar-refractivity contribution in [2.45, 2.75) is 53.0 Å². The van der Waals surface area contributed by atoms with Gasteiger partial charge >= 0.3 is 0 Å². The lowest BCUT2D eigenvalue weighted by molar-refractivity contribution is 0.590. The quantitative estimate of drug-likeness (QED) is 0.715. The summed E-state index contributed by atoms with van der Waals surface area (Å²) in [7, 11) is 0. The number of benzene rings is 1. The third kappa shape index (κ3) is 7.44. The minimum Gasteiger partial charge on any atom is -0.314 e. The largest absolute Gasteiger partial charge is 0.314 e. The molecule has 1 nitrogen and oxygen atoms in total. The van der Waals surface area contributed by atoms with Crippen LogP contribution in [0.5, 0.6) is 0 Å². The number of thiocarbonyl (C=S) groups is 1. The van der Waals surface area contributed by atoms with Crippen LogP contribution in [0.1, 0.15) is 45.2 Å². The number of hydrogen-bond donors (Lipinski definition) is 1. The van der Waals surface area contributed by atoms with E-state index in [1.807, 2.05) is 0 Å². The molecule has 0 aliphatic carbocycles. The summed E-state index contributed by atoms with van der Waals surface area (Å²) in [6.45, 7) is 9.84. The molecule has 0 aliphatic rings. The summed E-state index contributed by atoms with van der Waals surface area (Å²) in [5.74, 6) is 0.661. The van der Waals surface area contributed by atoms with Crippen molar-refractivity contribution >= 4 is 17.1 Å². The Morgan fingerprint density at radius 2 is 1.63 bits per heavy atom. The van der Waals surface area contributed by atoms with Crippen molar-refractivity contribution in [1.82, 2.24) is 5.32 Å². The highest BCUT2D eigenvalue weighted by Crippen LogP contribution is 2.10. The van der Waals surface area contributed by atoms with Gasteiger partial charge in [0, 0.05) is 12.5 Å². The van der Waals surface area contributed by atoms with Gasteiger partial charge in [0.25, 0.3) is 0 Å². The predicted octanol–water partition coefficient (Wildman–Crippen LogP) is 4.19. The monoisotopic (exact) mass is 277 g/mol. The SMILES string of the molecule is CC(C)CC(=S)Cc1ccc(CCNC(C)C)cc1. The van der Waals surface area contributed by atoms with E-state index in [1.165, 1.54) is 16.0 Å². The Labute approximate surface area is 123 Å². The molecule has 0 amide bonds. The van der Waals surface area contributed by atoms with Gasteiger partial charge in [-0.3, -0.25) is 0 Å². The van der Waals surface area contributed by atoms with Gasteiger partial charge in [0.05, 0.1) is 0 Å². The first-order valence-corrected chi connectivity index (χ1v) is 7.71. The van der Waals surface area contributed by atoms with Crippen LogP contribution >= 0.6 is 12.2 Å². The van der Waals surface area contributed by atoms with E-state index >= 15 is 0 Å². The molecule has 0 aliphatic heterocycles. The van der Waals surface area contributed by atoms with Crippen LogP contribution in [0, 0.1) is 5.92 Å². The second-order valence-corrected chi connectivity index (χ2v) is 6.57. The Bertz CT molecular complexity index is 379. The molecule has 1 N–H and O–H groups in total. The molecule has 106 valence electrons. The zero-order valence-corrected chi connectivity index (χ0v) is 13.5. The maximum atomic E-state index is 5.43. The van der Waals surface area contributed by atoms with Gasteiger partial charge < -0.3 is 5.32 Å². The summed E-state index contributed by atoms with van der Waals surface area (Å²) in [6, 6.07) is 9.46. The lowest BCUT2D eigenvalue weighted by Gasteiger charge is -2.09. The van der Waals surface area contributed by atoms with Crippen LogP contribution in [0.25, 0.3) is 0 Å². The smallest absolute Gasteiger partial charge is 0.00383 e. The van der Waals surface area contributed by atoms with E-state index in [9.17, 15) is 0 Å². The first-order valence-electron chi connectivity index (χ1n) is 7.30.